The molecule has 0 amide bonds. The standard InChI is InChI=1S/C17H21NO5/c1-15(2)12-8-9-16(15,3)17(20,10-12)23-14(19)11-4-6-13(7-5-11)18(21)22/h4-7,12,20H,8-10H2,1-3H3/t12-,16-,17+/m1/s1. The molecule has 0 aliphatic heterocycles. The fourth-order valence-corrected chi connectivity index (χ4v) is 4.30. The maximum absolute atomic E-state index is 12.4. The van der Waals surface area contributed by atoms with Crippen molar-refractivity contribution in [2.75, 3.05) is 0 Å². The number of non-ortho nitro benzene ring substituents is 1. The van der Waals surface area contributed by atoms with Crippen molar-refractivity contribution in [2.45, 2.75) is 45.8 Å². The molecule has 0 heterocycles. The van der Waals surface area contributed by atoms with E-state index in [2.05, 4.69) is 13.8 Å². The first-order valence-electron chi connectivity index (χ1n) is 7.81. The van der Waals surface area contributed by atoms with Gasteiger partial charge in [-0.2, -0.15) is 0 Å². The summed E-state index contributed by atoms with van der Waals surface area (Å²) in [5.41, 5.74) is -0.472. The van der Waals surface area contributed by atoms with Crippen LogP contribution in [-0.2, 0) is 4.74 Å². The SMILES string of the molecule is CC1(C)[C@@H]2CC[C@@]1(C)[C@@](O)(OC(=O)c1ccc([N+](=O)[O-])cc1)C2. The van der Waals surface area contributed by atoms with Gasteiger partial charge in [0.05, 0.1) is 10.5 Å². The number of ether oxygens (including phenoxy) is 1. The third kappa shape index (κ3) is 2.08. The van der Waals surface area contributed by atoms with E-state index < -0.39 is 22.1 Å². The highest BCUT2D eigenvalue weighted by Crippen LogP contribution is 2.69. The Labute approximate surface area is 134 Å². The Hall–Kier alpha value is -1.95. The van der Waals surface area contributed by atoms with Crippen LogP contribution in [0.2, 0.25) is 0 Å². The monoisotopic (exact) mass is 319 g/mol. The molecular weight excluding hydrogens is 298 g/mol. The molecule has 1 aromatic rings. The van der Waals surface area contributed by atoms with Crippen LogP contribution in [0, 0.1) is 26.9 Å². The maximum atomic E-state index is 12.4. The van der Waals surface area contributed by atoms with E-state index in [1.165, 1.54) is 24.3 Å². The second kappa shape index (κ2) is 4.77. The van der Waals surface area contributed by atoms with Crippen LogP contribution in [0.4, 0.5) is 5.69 Å². The van der Waals surface area contributed by atoms with E-state index >= 15 is 0 Å². The zero-order chi connectivity index (χ0) is 17.0. The second-order valence-electron chi connectivity index (χ2n) is 7.47. The van der Waals surface area contributed by atoms with Gasteiger partial charge >= 0.3 is 5.97 Å². The molecule has 0 unspecified atom stereocenters. The number of fused-ring (bicyclic) bond motifs is 2. The van der Waals surface area contributed by atoms with Gasteiger partial charge in [-0.05, 0) is 36.3 Å². The van der Waals surface area contributed by atoms with Crippen LogP contribution in [-0.4, -0.2) is 21.8 Å². The third-order valence-electron chi connectivity index (χ3n) is 6.40. The molecule has 0 saturated heterocycles. The molecule has 0 aromatic heterocycles. The molecule has 2 fully saturated rings. The minimum atomic E-state index is -1.49. The predicted molar refractivity (Wildman–Crippen MR) is 82.7 cm³/mol. The fourth-order valence-electron chi connectivity index (χ4n) is 4.30. The zero-order valence-electron chi connectivity index (χ0n) is 13.5. The van der Waals surface area contributed by atoms with Gasteiger partial charge in [0, 0.05) is 24.0 Å². The molecule has 3 rings (SSSR count). The molecule has 2 bridgehead atoms. The van der Waals surface area contributed by atoms with Crippen molar-refractivity contribution >= 4 is 11.7 Å². The average Bonchev–Trinajstić information content (AvgIpc) is 2.79. The minimum absolute atomic E-state index is 0.0896. The van der Waals surface area contributed by atoms with Crippen molar-refractivity contribution in [1.82, 2.24) is 0 Å². The van der Waals surface area contributed by atoms with Crippen molar-refractivity contribution < 1.29 is 19.6 Å². The van der Waals surface area contributed by atoms with E-state index in [1.54, 1.807) is 0 Å². The Bertz CT molecular complexity index is 668. The molecule has 2 aliphatic carbocycles. The van der Waals surface area contributed by atoms with Crippen molar-refractivity contribution in [3.63, 3.8) is 0 Å². The lowest BCUT2D eigenvalue weighted by Gasteiger charge is -2.43. The summed E-state index contributed by atoms with van der Waals surface area (Å²) in [5.74, 6) is -1.81. The van der Waals surface area contributed by atoms with Gasteiger partial charge < -0.3 is 9.84 Å². The van der Waals surface area contributed by atoms with E-state index in [4.69, 9.17) is 4.74 Å². The van der Waals surface area contributed by atoms with Crippen LogP contribution in [0.1, 0.15) is 50.4 Å². The third-order valence-corrected chi connectivity index (χ3v) is 6.40. The number of aliphatic hydroxyl groups is 1. The number of carbonyl (C=O) groups is 1. The molecule has 0 spiro atoms. The summed E-state index contributed by atoms with van der Waals surface area (Å²) in [7, 11) is 0. The van der Waals surface area contributed by atoms with Gasteiger partial charge in [0.25, 0.3) is 5.69 Å². The van der Waals surface area contributed by atoms with Crippen molar-refractivity contribution in [1.29, 1.82) is 0 Å². The number of nitro groups is 1. The van der Waals surface area contributed by atoms with Crippen LogP contribution in [0.25, 0.3) is 0 Å². The Kier molecular flexibility index (Phi) is 3.30. The van der Waals surface area contributed by atoms with Gasteiger partial charge in [-0.3, -0.25) is 10.1 Å². The normalized spacial score (nSPS) is 34.3. The quantitative estimate of drug-likeness (QED) is 0.399. The summed E-state index contributed by atoms with van der Waals surface area (Å²) in [4.78, 5) is 22.5. The largest absolute Gasteiger partial charge is 0.429 e. The summed E-state index contributed by atoms with van der Waals surface area (Å²) < 4.78 is 5.50. The molecule has 2 saturated carbocycles. The molecular formula is C17H21NO5. The van der Waals surface area contributed by atoms with Crippen molar-refractivity contribution in [3.8, 4) is 0 Å². The molecule has 1 N–H and O–H groups in total. The minimum Gasteiger partial charge on any atom is -0.429 e. The first-order valence-corrected chi connectivity index (χ1v) is 7.81. The summed E-state index contributed by atoms with van der Waals surface area (Å²) in [5, 5.41) is 21.7. The highest BCUT2D eigenvalue weighted by molar-refractivity contribution is 5.90. The smallest absolute Gasteiger partial charge is 0.340 e. The lowest BCUT2D eigenvalue weighted by atomic mass is 9.68. The first kappa shape index (κ1) is 15.9. The van der Waals surface area contributed by atoms with E-state index in [-0.39, 0.29) is 16.7 Å². The van der Waals surface area contributed by atoms with Crippen LogP contribution in [0.15, 0.2) is 24.3 Å². The summed E-state index contributed by atoms with van der Waals surface area (Å²) >= 11 is 0. The number of esters is 1. The van der Waals surface area contributed by atoms with Crippen LogP contribution < -0.4 is 0 Å². The molecule has 6 nitrogen and oxygen atoms in total. The summed E-state index contributed by atoms with van der Waals surface area (Å²) in [6, 6.07) is 5.22. The molecule has 2 aliphatic rings. The van der Waals surface area contributed by atoms with Crippen molar-refractivity contribution in [2.24, 2.45) is 16.7 Å². The maximum Gasteiger partial charge on any atom is 0.340 e. The highest BCUT2D eigenvalue weighted by Gasteiger charge is 2.70. The van der Waals surface area contributed by atoms with Gasteiger partial charge in [-0.15, -0.1) is 0 Å². The molecule has 1 aromatic carbocycles. The van der Waals surface area contributed by atoms with Gasteiger partial charge in [0.2, 0.25) is 5.79 Å². The van der Waals surface area contributed by atoms with E-state index in [0.29, 0.717) is 12.3 Å². The fraction of sp³-hybridized carbons (Fsp3) is 0.588. The van der Waals surface area contributed by atoms with Crippen LogP contribution in [0.3, 0.4) is 0 Å². The van der Waals surface area contributed by atoms with E-state index in [1.807, 2.05) is 6.92 Å². The summed E-state index contributed by atoms with van der Waals surface area (Å²) in [6.45, 7) is 6.20. The van der Waals surface area contributed by atoms with E-state index in [9.17, 15) is 20.0 Å². The average molecular weight is 319 g/mol. The van der Waals surface area contributed by atoms with Crippen molar-refractivity contribution in [3.05, 3.63) is 39.9 Å². The first-order chi connectivity index (χ1) is 10.6. The number of rotatable bonds is 3. The molecule has 124 valence electrons. The Morgan fingerprint density at radius 1 is 1.30 bits per heavy atom. The zero-order valence-corrected chi connectivity index (χ0v) is 13.5. The number of nitro benzene ring substituents is 1. The Morgan fingerprint density at radius 3 is 2.35 bits per heavy atom. The lowest BCUT2D eigenvalue weighted by Crippen LogP contribution is -2.50. The molecule has 0 radical (unpaired) electrons. The Morgan fingerprint density at radius 2 is 1.91 bits per heavy atom. The van der Waals surface area contributed by atoms with Gasteiger partial charge in [-0.1, -0.05) is 20.8 Å². The van der Waals surface area contributed by atoms with Gasteiger partial charge in [0.1, 0.15) is 0 Å². The Balaban J connectivity index is 1.82. The molecule has 3 atom stereocenters. The number of hydrogen-bond acceptors (Lipinski definition) is 5. The number of benzene rings is 1. The van der Waals surface area contributed by atoms with Gasteiger partial charge in [-0.25, -0.2) is 4.79 Å². The highest BCUT2D eigenvalue weighted by atomic mass is 16.7. The predicted octanol–water partition coefficient (Wildman–Crippen LogP) is 3.29. The number of nitrogens with zero attached hydrogens (tertiary/aromatic N) is 1. The molecule has 6 heteroatoms. The van der Waals surface area contributed by atoms with Crippen LogP contribution in [0.5, 0.6) is 0 Å². The number of carbonyl (C=O) groups excluding carboxylic acids is 1. The van der Waals surface area contributed by atoms with E-state index in [0.717, 1.165) is 12.8 Å². The lowest BCUT2D eigenvalue weighted by molar-refractivity contribution is -0.384. The summed E-state index contributed by atoms with van der Waals surface area (Å²) in [6.07, 6.45) is 2.28. The molecule has 23 heavy (non-hydrogen) atoms. The number of hydrogen-bond donors (Lipinski definition) is 1. The van der Waals surface area contributed by atoms with Crippen LogP contribution >= 0.6 is 0 Å². The topological polar surface area (TPSA) is 89.7 Å². The van der Waals surface area contributed by atoms with Gasteiger partial charge in [0.15, 0.2) is 0 Å². The second-order valence-corrected chi connectivity index (χ2v) is 7.47.